The molecule has 106 valence electrons. The fraction of sp³-hybridized carbons (Fsp3) is 0.538. The number of nitro benzene ring substituents is 1. The summed E-state index contributed by atoms with van der Waals surface area (Å²) in [6, 6.07) is 4.47. The topological polar surface area (TPSA) is 90.4 Å². The van der Waals surface area contributed by atoms with Gasteiger partial charge >= 0.3 is 0 Å². The van der Waals surface area contributed by atoms with Crippen LogP contribution in [0.4, 0.5) is 17.1 Å². The molecule has 0 amide bonds. The number of nitrogens with one attached hydrogen (secondary N) is 1. The quantitative estimate of drug-likeness (QED) is 0.327. The summed E-state index contributed by atoms with van der Waals surface area (Å²) in [6.45, 7) is 6.19. The molecular formula is C13H21N3O3. The van der Waals surface area contributed by atoms with Crippen molar-refractivity contribution in [2.24, 2.45) is 5.92 Å². The lowest BCUT2D eigenvalue weighted by Gasteiger charge is -2.09. The van der Waals surface area contributed by atoms with E-state index >= 15 is 0 Å². The number of rotatable bonds is 8. The largest absolute Gasteiger partial charge is 0.398 e. The molecule has 6 nitrogen and oxygen atoms in total. The maximum absolute atomic E-state index is 10.7. The molecule has 0 aliphatic heterocycles. The van der Waals surface area contributed by atoms with E-state index in [0.717, 1.165) is 13.0 Å². The molecule has 0 saturated carbocycles. The molecule has 0 fully saturated rings. The van der Waals surface area contributed by atoms with Crippen molar-refractivity contribution in [2.45, 2.75) is 20.3 Å². The van der Waals surface area contributed by atoms with Crippen LogP contribution in [-0.4, -0.2) is 24.7 Å². The van der Waals surface area contributed by atoms with Gasteiger partial charge in [-0.2, -0.15) is 0 Å². The monoisotopic (exact) mass is 267 g/mol. The standard InChI is InChI=1S/C13H21N3O3/c1-10(2)3-5-19-6-4-15-12-7-11(14)8-13(9-12)16(17)18/h7-10,15H,3-6,14H2,1-2H3. The van der Waals surface area contributed by atoms with Gasteiger partial charge in [-0.1, -0.05) is 13.8 Å². The van der Waals surface area contributed by atoms with E-state index in [2.05, 4.69) is 19.2 Å². The van der Waals surface area contributed by atoms with E-state index in [1.807, 2.05) is 0 Å². The third-order valence-corrected chi connectivity index (χ3v) is 2.57. The van der Waals surface area contributed by atoms with E-state index in [0.29, 0.717) is 30.4 Å². The third kappa shape index (κ3) is 6.05. The number of non-ortho nitro benzene ring substituents is 1. The minimum absolute atomic E-state index is 0.0109. The third-order valence-electron chi connectivity index (χ3n) is 2.57. The van der Waals surface area contributed by atoms with Gasteiger partial charge in [0.1, 0.15) is 0 Å². The first-order valence-corrected chi connectivity index (χ1v) is 6.35. The highest BCUT2D eigenvalue weighted by Gasteiger charge is 2.07. The summed E-state index contributed by atoms with van der Waals surface area (Å²) in [4.78, 5) is 10.2. The molecule has 19 heavy (non-hydrogen) atoms. The molecule has 1 aromatic rings. The first kappa shape index (κ1) is 15.2. The highest BCUT2D eigenvalue weighted by atomic mass is 16.6. The van der Waals surface area contributed by atoms with Gasteiger partial charge in [0, 0.05) is 36.7 Å². The second kappa shape index (κ2) is 7.58. The molecule has 0 aliphatic carbocycles. The Kier molecular flexibility index (Phi) is 6.08. The normalized spacial score (nSPS) is 10.7. The number of nitro groups is 1. The lowest BCUT2D eigenvalue weighted by molar-refractivity contribution is -0.384. The van der Waals surface area contributed by atoms with Crippen LogP contribution < -0.4 is 11.1 Å². The zero-order valence-corrected chi connectivity index (χ0v) is 11.4. The van der Waals surface area contributed by atoms with Crippen LogP contribution in [-0.2, 0) is 4.74 Å². The smallest absolute Gasteiger partial charge is 0.273 e. The van der Waals surface area contributed by atoms with Crippen LogP contribution in [0.1, 0.15) is 20.3 Å². The number of benzene rings is 1. The fourth-order valence-corrected chi connectivity index (χ4v) is 1.53. The van der Waals surface area contributed by atoms with Crippen molar-refractivity contribution in [3.63, 3.8) is 0 Å². The van der Waals surface area contributed by atoms with Gasteiger partial charge in [-0.15, -0.1) is 0 Å². The maximum Gasteiger partial charge on any atom is 0.273 e. The Labute approximate surface area is 113 Å². The van der Waals surface area contributed by atoms with Crippen LogP contribution in [0.5, 0.6) is 0 Å². The van der Waals surface area contributed by atoms with Crippen LogP contribution in [0.3, 0.4) is 0 Å². The predicted octanol–water partition coefficient (Wildman–Crippen LogP) is 2.65. The summed E-state index contributed by atoms with van der Waals surface area (Å²) in [7, 11) is 0. The molecule has 0 bridgehead atoms. The second-order valence-electron chi connectivity index (χ2n) is 4.79. The van der Waals surface area contributed by atoms with Gasteiger partial charge in [0.25, 0.3) is 5.69 Å². The second-order valence-corrected chi connectivity index (χ2v) is 4.79. The fourth-order valence-electron chi connectivity index (χ4n) is 1.53. The minimum Gasteiger partial charge on any atom is -0.398 e. The Morgan fingerprint density at radius 2 is 2.11 bits per heavy atom. The number of hydrogen-bond donors (Lipinski definition) is 2. The van der Waals surface area contributed by atoms with Crippen molar-refractivity contribution in [3.05, 3.63) is 28.3 Å². The van der Waals surface area contributed by atoms with Crippen molar-refractivity contribution in [2.75, 3.05) is 30.8 Å². The van der Waals surface area contributed by atoms with Crippen molar-refractivity contribution in [3.8, 4) is 0 Å². The van der Waals surface area contributed by atoms with Gasteiger partial charge in [-0.25, -0.2) is 0 Å². The molecule has 0 saturated heterocycles. The maximum atomic E-state index is 10.7. The van der Waals surface area contributed by atoms with E-state index in [4.69, 9.17) is 10.5 Å². The van der Waals surface area contributed by atoms with Crippen molar-refractivity contribution in [1.29, 1.82) is 0 Å². The predicted molar refractivity (Wildman–Crippen MR) is 76.3 cm³/mol. The lowest BCUT2D eigenvalue weighted by Crippen LogP contribution is -2.11. The van der Waals surface area contributed by atoms with Crippen LogP contribution in [0.15, 0.2) is 18.2 Å². The van der Waals surface area contributed by atoms with E-state index in [9.17, 15) is 10.1 Å². The van der Waals surface area contributed by atoms with E-state index < -0.39 is 4.92 Å². The zero-order valence-electron chi connectivity index (χ0n) is 11.4. The first-order valence-electron chi connectivity index (χ1n) is 6.35. The molecule has 0 heterocycles. The summed E-state index contributed by atoms with van der Waals surface area (Å²) in [5.41, 5.74) is 6.61. The lowest BCUT2D eigenvalue weighted by atomic mass is 10.1. The van der Waals surface area contributed by atoms with Crippen LogP contribution in [0, 0.1) is 16.0 Å². The van der Waals surface area contributed by atoms with Gasteiger partial charge in [0.2, 0.25) is 0 Å². The molecule has 6 heteroatoms. The highest BCUT2D eigenvalue weighted by Crippen LogP contribution is 2.21. The van der Waals surface area contributed by atoms with Gasteiger partial charge in [-0.05, 0) is 18.4 Å². The van der Waals surface area contributed by atoms with Gasteiger partial charge in [0.15, 0.2) is 0 Å². The summed E-state index contributed by atoms with van der Waals surface area (Å²) in [6.07, 6.45) is 1.03. The van der Waals surface area contributed by atoms with Gasteiger partial charge in [0.05, 0.1) is 11.5 Å². The van der Waals surface area contributed by atoms with E-state index in [-0.39, 0.29) is 5.69 Å². The van der Waals surface area contributed by atoms with Crippen molar-refractivity contribution >= 4 is 17.1 Å². The Balaban J connectivity index is 2.35. The molecule has 0 aromatic heterocycles. The number of nitrogen functional groups attached to an aromatic ring is 1. The minimum atomic E-state index is -0.458. The number of anilines is 2. The molecule has 0 atom stereocenters. The molecule has 0 aliphatic rings. The average Bonchev–Trinajstić information content (AvgIpc) is 2.32. The Bertz CT molecular complexity index is 422. The Morgan fingerprint density at radius 1 is 1.37 bits per heavy atom. The molecule has 3 N–H and O–H groups in total. The molecule has 0 radical (unpaired) electrons. The summed E-state index contributed by atoms with van der Waals surface area (Å²) in [5, 5.41) is 13.7. The van der Waals surface area contributed by atoms with Gasteiger partial charge in [-0.3, -0.25) is 10.1 Å². The summed E-state index contributed by atoms with van der Waals surface area (Å²) >= 11 is 0. The summed E-state index contributed by atoms with van der Waals surface area (Å²) < 4.78 is 5.45. The average molecular weight is 267 g/mol. The van der Waals surface area contributed by atoms with Crippen molar-refractivity contribution in [1.82, 2.24) is 0 Å². The number of hydrogen-bond acceptors (Lipinski definition) is 5. The van der Waals surface area contributed by atoms with E-state index in [1.54, 1.807) is 6.07 Å². The zero-order chi connectivity index (χ0) is 14.3. The summed E-state index contributed by atoms with van der Waals surface area (Å²) in [5.74, 6) is 0.629. The number of nitrogens with zero attached hydrogens (tertiary/aromatic N) is 1. The molecule has 1 aromatic carbocycles. The molecular weight excluding hydrogens is 246 g/mol. The SMILES string of the molecule is CC(C)CCOCCNc1cc(N)cc([N+](=O)[O-])c1. The van der Waals surface area contributed by atoms with Crippen LogP contribution >= 0.6 is 0 Å². The number of ether oxygens (including phenoxy) is 1. The van der Waals surface area contributed by atoms with Crippen molar-refractivity contribution < 1.29 is 9.66 Å². The van der Waals surface area contributed by atoms with E-state index in [1.165, 1.54) is 12.1 Å². The first-order chi connectivity index (χ1) is 8.99. The van der Waals surface area contributed by atoms with Crippen LogP contribution in [0.25, 0.3) is 0 Å². The Morgan fingerprint density at radius 3 is 2.74 bits per heavy atom. The Hall–Kier alpha value is -1.82. The van der Waals surface area contributed by atoms with Gasteiger partial charge < -0.3 is 15.8 Å². The molecule has 0 spiro atoms. The molecule has 1 rings (SSSR count). The molecule has 0 unspecified atom stereocenters. The number of nitrogens with two attached hydrogens (primary N) is 1. The van der Waals surface area contributed by atoms with Crippen LogP contribution in [0.2, 0.25) is 0 Å². The highest BCUT2D eigenvalue weighted by molar-refractivity contribution is 5.61.